The number of anilines is 1. The number of hydrogen-bond donors (Lipinski definition) is 1. The number of imide groups is 1. The van der Waals surface area contributed by atoms with Gasteiger partial charge in [-0.05, 0) is 81.3 Å². The van der Waals surface area contributed by atoms with E-state index < -0.39 is 17.1 Å². The van der Waals surface area contributed by atoms with E-state index in [1.807, 2.05) is 18.2 Å². The molecular weight excluding hydrogens is 568 g/mol. The van der Waals surface area contributed by atoms with Gasteiger partial charge in [0, 0.05) is 10.7 Å². The molecule has 0 aliphatic carbocycles. The summed E-state index contributed by atoms with van der Waals surface area (Å²) >= 11 is 10.2. The van der Waals surface area contributed by atoms with Gasteiger partial charge in [-0.3, -0.25) is 19.3 Å². The fourth-order valence-electron chi connectivity index (χ4n) is 3.35. The van der Waals surface area contributed by atoms with Crippen molar-refractivity contribution in [3.63, 3.8) is 0 Å². The Morgan fingerprint density at radius 2 is 1.83 bits per heavy atom. The van der Waals surface area contributed by atoms with E-state index in [0.29, 0.717) is 38.9 Å². The van der Waals surface area contributed by atoms with Gasteiger partial charge in [-0.25, -0.2) is 0 Å². The van der Waals surface area contributed by atoms with E-state index in [1.54, 1.807) is 54.6 Å². The van der Waals surface area contributed by atoms with Crippen molar-refractivity contribution in [2.24, 2.45) is 0 Å². The first-order chi connectivity index (χ1) is 17.3. The quantitative estimate of drug-likeness (QED) is 0.309. The molecule has 184 valence electrons. The van der Waals surface area contributed by atoms with Gasteiger partial charge < -0.3 is 14.8 Å². The van der Waals surface area contributed by atoms with E-state index >= 15 is 0 Å². The van der Waals surface area contributed by atoms with E-state index in [9.17, 15) is 14.4 Å². The van der Waals surface area contributed by atoms with Crippen LogP contribution in [0.5, 0.6) is 11.5 Å². The van der Waals surface area contributed by atoms with Gasteiger partial charge in [-0.2, -0.15) is 0 Å². The molecule has 0 aromatic heterocycles. The Labute approximate surface area is 225 Å². The minimum Gasteiger partial charge on any atom is -0.493 e. The van der Waals surface area contributed by atoms with Crippen molar-refractivity contribution in [3.05, 3.63) is 92.3 Å². The minimum atomic E-state index is -0.536. The van der Waals surface area contributed by atoms with E-state index in [2.05, 4.69) is 21.2 Å². The first-order valence-electron chi connectivity index (χ1n) is 10.7. The zero-order valence-corrected chi connectivity index (χ0v) is 22.2. The number of halogens is 2. The number of ether oxygens (including phenoxy) is 2. The van der Waals surface area contributed by atoms with Gasteiger partial charge in [0.05, 0.1) is 16.5 Å². The van der Waals surface area contributed by atoms with Gasteiger partial charge in [0.2, 0.25) is 5.91 Å². The predicted octanol–water partition coefficient (Wildman–Crippen LogP) is 6.37. The average molecular weight is 588 g/mol. The Kier molecular flexibility index (Phi) is 8.35. The molecule has 3 amide bonds. The molecule has 1 aliphatic heterocycles. The normalized spacial score (nSPS) is 14.3. The topological polar surface area (TPSA) is 84.9 Å². The number of rotatable bonds is 8. The molecule has 10 heteroatoms. The first kappa shape index (κ1) is 25.8. The molecule has 1 N–H and O–H groups in total. The molecule has 1 heterocycles. The van der Waals surface area contributed by atoms with E-state index in [0.717, 1.165) is 22.2 Å². The summed E-state index contributed by atoms with van der Waals surface area (Å²) < 4.78 is 12.0. The molecule has 1 aliphatic rings. The lowest BCUT2D eigenvalue weighted by Crippen LogP contribution is -2.36. The Bertz CT molecular complexity index is 1330. The fraction of sp³-hybridized carbons (Fsp3) is 0.115. The average Bonchev–Trinajstić information content (AvgIpc) is 3.12. The molecule has 0 bridgehead atoms. The second-order valence-corrected chi connectivity index (χ2v) is 9.92. The molecule has 0 atom stereocenters. The van der Waals surface area contributed by atoms with Crippen molar-refractivity contribution in [2.75, 3.05) is 19.0 Å². The zero-order chi connectivity index (χ0) is 25.7. The van der Waals surface area contributed by atoms with Gasteiger partial charge in [0.25, 0.3) is 11.1 Å². The highest BCUT2D eigenvalue weighted by Gasteiger charge is 2.36. The highest BCUT2D eigenvalue weighted by molar-refractivity contribution is 9.10. The standard InChI is InChI=1S/C26H20BrClN2O5S/c1-34-21-12-17(11-20(27)24(21)35-15-16-7-9-18(28)10-8-16)13-22-25(32)30(26(33)36-22)14-23(31)29-19-5-3-2-4-6-19/h2-13H,14-15H2,1H3,(H,29,31)/b22-13+. The predicted molar refractivity (Wildman–Crippen MR) is 144 cm³/mol. The summed E-state index contributed by atoms with van der Waals surface area (Å²) in [6, 6.07) is 19.6. The second-order valence-electron chi connectivity index (χ2n) is 7.63. The van der Waals surface area contributed by atoms with Gasteiger partial charge in [-0.15, -0.1) is 0 Å². The van der Waals surface area contributed by atoms with Crippen LogP contribution in [0.3, 0.4) is 0 Å². The summed E-state index contributed by atoms with van der Waals surface area (Å²) in [5, 5.41) is 2.80. The number of methoxy groups -OCH3 is 1. The maximum absolute atomic E-state index is 12.9. The molecular formula is C26H20BrClN2O5S. The summed E-state index contributed by atoms with van der Waals surface area (Å²) in [7, 11) is 1.51. The van der Waals surface area contributed by atoms with Crippen LogP contribution in [0.4, 0.5) is 10.5 Å². The highest BCUT2D eigenvalue weighted by Crippen LogP contribution is 2.39. The van der Waals surface area contributed by atoms with Crippen molar-refractivity contribution >= 4 is 68.1 Å². The molecule has 36 heavy (non-hydrogen) atoms. The van der Waals surface area contributed by atoms with Gasteiger partial charge in [0.15, 0.2) is 11.5 Å². The van der Waals surface area contributed by atoms with Crippen LogP contribution < -0.4 is 14.8 Å². The van der Waals surface area contributed by atoms with Crippen LogP contribution in [0.2, 0.25) is 5.02 Å². The maximum Gasteiger partial charge on any atom is 0.294 e. The van der Waals surface area contributed by atoms with Crippen molar-refractivity contribution < 1.29 is 23.9 Å². The third-order valence-electron chi connectivity index (χ3n) is 5.08. The monoisotopic (exact) mass is 586 g/mol. The number of para-hydroxylation sites is 1. The van der Waals surface area contributed by atoms with Gasteiger partial charge >= 0.3 is 0 Å². The molecule has 1 fully saturated rings. The van der Waals surface area contributed by atoms with Crippen molar-refractivity contribution in [1.82, 2.24) is 4.90 Å². The van der Waals surface area contributed by atoms with E-state index in [1.165, 1.54) is 7.11 Å². The lowest BCUT2D eigenvalue weighted by atomic mass is 10.1. The fourth-order valence-corrected chi connectivity index (χ4v) is 4.89. The van der Waals surface area contributed by atoms with Crippen LogP contribution in [0.15, 0.2) is 76.1 Å². The number of carbonyl (C=O) groups excluding carboxylic acids is 3. The molecule has 7 nitrogen and oxygen atoms in total. The molecule has 3 aromatic rings. The van der Waals surface area contributed by atoms with E-state index in [-0.39, 0.29) is 11.4 Å². The zero-order valence-electron chi connectivity index (χ0n) is 19.0. The Hall–Kier alpha value is -3.27. The molecule has 1 saturated heterocycles. The summed E-state index contributed by atoms with van der Waals surface area (Å²) in [6.07, 6.45) is 1.58. The van der Waals surface area contributed by atoms with Gasteiger partial charge in [-0.1, -0.05) is 41.9 Å². The number of carbonyl (C=O) groups is 3. The van der Waals surface area contributed by atoms with Crippen LogP contribution in [0, 0.1) is 0 Å². The molecule has 0 spiro atoms. The lowest BCUT2D eigenvalue weighted by molar-refractivity contribution is -0.127. The third-order valence-corrected chi connectivity index (χ3v) is 6.83. The number of amides is 3. The summed E-state index contributed by atoms with van der Waals surface area (Å²) in [6.45, 7) is -0.0726. The van der Waals surface area contributed by atoms with Crippen LogP contribution in [-0.2, 0) is 16.2 Å². The smallest absolute Gasteiger partial charge is 0.294 e. The number of benzene rings is 3. The van der Waals surface area contributed by atoms with E-state index in [4.69, 9.17) is 21.1 Å². The molecule has 4 rings (SSSR count). The largest absolute Gasteiger partial charge is 0.493 e. The number of nitrogens with zero attached hydrogens (tertiary/aromatic N) is 1. The molecule has 0 radical (unpaired) electrons. The van der Waals surface area contributed by atoms with Crippen molar-refractivity contribution in [2.45, 2.75) is 6.61 Å². The lowest BCUT2D eigenvalue weighted by Gasteiger charge is -2.14. The summed E-state index contributed by atoms with van der Waals surface area (Å²) in [5.74, 6) is -0.0518. The van der Waals surface area contributed by atoms with Crippen LogP contribution >= 0.6 is 39.3 Å². The Morgan fingerprint density at radius 1 is 1.11 bits per heavy atom. The highest BCUT2D eigenvalue weighted by atomic mass is 79.9. The number of thioether (sulfide) groups is 1. The minimum absolute atomic E-state index is 0.205. The van der Waals surface area contributed by atoms with Gasteiger partial charge in [0.1, 0.15) is 13.2 Å². The van der Waals surface area contributed by atoms with Crippen LogP contribution in [-0.4, -0.2) is 35.6 Å². The maximum atomic E-state index is 12.9. The first-order valence-corrected chi connectivity index (χ1v) is 12.7. The van der Waals surface area contributed by atoms with Crippen molar-refractivity contribution in [1.29, 1.82) is 0 Å². The Balaban J connectivity index is 1.47. The van der Waals surface area contributed by atoms with Crippen molar-refractivity contribution in [3.8, 4) is 11.5 Å². The molecule has 0 unspecified atom stereocenters. The summed E-state index contributed by atoms with van der Waals surface area (Å²) in [5.41, 5.74) is 2.14. The van der Waals surface area contributed by atoms with Crippen LogP contribution in [0.25, 0.3) is 6.08 Å². The third kappa shape index (κ3) is 6.29. The number of hydrogen-bond acceptors (Lipinski definition) is 6. The Morgan fingerprint density at radius 3 is 2.53 bits per heavy atom. The summed E-state index contributed by atoms with van der Waals surface area (Å²) in [4.78, 5) is 38.8. The number of nitrogens with one attached hydrogen (secondary N) is 1. The molecule has 3 aromatic carbocycles. The van der Waals surface area contributed by atoms with Crippen LogP contribution in [0.1, 0.15) is 11.1 Å². The molecule has 0 saturated carbocycles. The SMILES string of the molecule is COc1cc(/C=C2/SC(=O)N(CC(=O)Nc3ccccc3)C2=O)cc(Br)c1OCc1ccc(Cl)cc1. The second kappa shape index (κ2) is 11.6.